The molecule has 1 atom stereocenters. The molecule has 0 aliphatic heterocycles. The minimum atomic E-state index is -0.195. The summed E-state index contributed by atoms with van der Waals surface area (Å²) in [5.74, 6) is 0.722. The highest BCUT2D eigenvalue weighted by molar-refractivity contribution is 8.00. The summed E-state index contributed by atoms with van der Waals surface area (Å²) in [4.78, 5) is 5.32. The fourth-order valence-corrected chi connectivity index (χ4v) is 4.45. The van der Waals surface area contributed by atoms with Crippen LogP contribution in [0.15, 0.2) is 72.1 Å². The molecule has 148 valence electrons. The van der Waals surface area contributed by atoms with E-state index < -0.39 is 0 Å². The first-order chi connectivity index (χ1) is 13.4. The zero-order chi connectivity index (χ0) is 20.0. The molecular weight excluding hydrogens is 371 g/mol. The number of hydrogen-bond donors (Lipinski definition) is 0. The van der Waals surface area contributed by atoms with Gasteiger partial charge in [-0.05, 0) is 63.4 Å². The van der Waals surface area contributed by atoms with Crippen LogP contribution in [-0.2, 0) is 13.0 Å². The Kier molecular flexibility index (Phi) is 6.79. The van der Waals surface area contributed by atoms with E-state index in [4.69, 9.17) is 4.74 Å². The monoisotopic (exact) mass is 398 g/mol. The van der Waals surface area contributed by atoms with Crippen molar-refractivity contribution >= 4 is 11.8 Å². The first-order valence-corrected chi connectivity index (χ1v) is 10.4. The molecule has 0 saturated heterocycles. The van der Waals surface area contributed by atoms with Crippen LogP contribution in [0.5, 0.6) is 5.75 Å². The molecule has 0 spiro atoms. The lowest BCUT2D eigenvalue weighted by atomic mass is 10.00. The Hall–Kier alpha value is -2.27. The highest BCUT2D eigenvalue weighted by atomic mass is 32.2. The summed E-state index contributed by atoms with van der Waals surface area (Å²) in [5, 5.41) is 0. The Balaban J connectivity index is 1.81. The fourth-order valence-electron chi connectivity index (χ4n) is 3.14. The van der Waals surface area contributed by atoms with Gasteiger partial charge in [-0.3, -0.25) is 0 Å². The van der Waals surface area contributed by atoms with E-state index in [0.29, 0.717) is 0 Å². The maximum atomic E-state index is 13.2. The van der Waals surface area contributed by atoms with Crippen LogP contribution < -0.4 is 4.74 Å². The number of aryl methyl sites for hydroxylation is 1. The molecule has 0 aliphatic rings. The largest absolute Gasteiger partial charge is 0.490 e. The van der Waals surface area contributed by atoms with E-state index in [-0.39, 0.29) is 16.7 Å². The first kappa shape index (κ1) is 20.5. The van der Waals surface area contributed by atoms with Crippen LogP contribution in [0, 0.1) is 5.82 Å². The predicted octanol–water partition coefficient (Wildman–Crippen LogP) is 5.99. The molecule has 3 aromatic rings. The number of nitrogens with zero attached hydrogens (tertiary/aromatic N) is 2. The van der Waals surface area contributed by atoms with Crippen LogP contribution in [-0.4, -0.2) is 20.4 Å². The lowest BCUT2D eigenvalue weighted by Crippen LogP contribution is -2.27. The van der Waals surface area contributed by atoms with Gasteiger partial charge in [0.2, 0.25) is 0 Å². The van der Waals surface area contributed by atoms with Crippen molar-refractivity contribution in [2.45, 2.75) is 55.9 Å². The fraction of sp³-hybridized carbons (Fsp3) is 0.348. The van der Waals surface area contributed by atoms with Gasteiger partial charge in [0.05, 0.1) is 12.4 Å². The molecule has 5 heteroatoms. The maximum absolute atomic E-state index is 13.2. The average Bonchev–Trinajstić information content (AvgIpc) is 3.15. The SMILES string of the molecule is CC(C)Oc1ccccc1SC(C)(CCc1ccc(F)cc1)Cn1ccnc1. The summed E-state index contributed by atoms with van der Waals surface area (Å²) in [6, 6.07) is 15.0. The molecular formula is C23H27FN2OS. The maximum Gasteiger partial charge on any atom is 0.133 e. The first-order valence-electron chi connectivity index (χ1n) is 9.58. The molecule has 1 heterocycles. The highest BCUT2D eigenvalue weighted by Gasteiger charge is 2.28. The molecule has 1 unspecified atom stereocenters. The Morgan fingerprint density at radius 2 is 1.89 bits per heavy atom. The van der Waals surface area contributed by atoms with Crippen LogP contribution in [0.1, 0.15) is 32.8 Å². The van der Waals surface area contributed by atoms with Crippen LogP contribution >= 0.6 is 11.8 Å². The van der Waals surface area contributed by atoms with Crippen molar-refractivity contribution in [3.05, 3.63) is 78.6 Å². The van der Waals surface area contributed by atoms with Crippen molar-refractivity contribution in [3.63, 3.8) is 0 Å². The summed E-state index contributed by atoms with van der Waals surface area (Å²) < 4.78 is 21.3. The van der Waals surface area contributed by atoms with Crippen molar-refractivity contribution in [2.75, 3.05) is 0 Å². The van der Waals surface area contributed by atoms with E-state index in [1.807, 2.05) is 68.5 Å². The van der Waals surface area contributed by atoms with Crippen molar-refractivity contribution in [1.82, 2.24) is 9.55 Å². The van der Waals surface area contributed by atoms with E-state index in [1.165, 1.54) is 12.1 Å². The summed E-state index contributed by atoms with van der Waals surface area (Å²) in [6.45, 7) is 7.18. The summed E-state index contributed by atoms with van der Waals surface area (Å²) >= 11 is 1.83. The number of imidazole rings is 1. The summed E-state index contributed by atoms with van der Waals surface area (Å²) in [6.07, 6.45) is 7.60. The number of aromatic nitrogens is 2. The van der Waals surface area contributed by atoms with Gasteiger partial charge in [-0.25, -0.2) is 9.37 Å². The van der Waals surface area contributed by atoms with Crippen molar-refractivity contribution in [2.24, 2.45) is 0 Å². The topological polar surface area (TPSA) is 27.1 Å². The van der Waals surface area contributed by atoms with Gasteiger partial charge >= 0.3 is 0 Å². The zero-order valence-electron chi connectivity index (χ0n) is 16.6. The van der Waals surface area contributed by atoms with E-state index in [0.717, 1.165) is 35.6 Å². The van der Waals surface area contributed by atoms with Gasteiger partial charge < -0.3 is 9.30 Å². The van der Waals surface area contributed by atoms with Crippen LogP contribution in [0.25, 0.3) is 0 Å². The summed E-state index contributed by atoms with van der Waals surface area (Å²) in [5.41, 5.74) is 1.14. The van der Waals surface area contributed by atoms with Gasteiger partial charge in [0, 0.05) is 28.6 Å². The van der Waals surface area contributed by atoms with E-state index in [9.17, 15) is 4.39 Å². The molecule has 0 amide bonds. The van der Waals surface area contributed by atoms with Crippen LogP contribution in [0.2, 0.25) is 0 Å². The normalized spacial score (nSPS) is 13.5. The molecule has 2 aromatic carbocycles. The van der Waals surface area contributed by atoms with Gasteiger partial charge in [0.25, 0.3) is 0 Å². The van der Waals surface area contributed by atoms with E-state index >= 15 is 0 Å². The molecule has 0 saturated carbocycles. The van der Waals surface area contributed by atoms with Crippen molar-refractivity contribution < 1.29 is 9.13 Å². The van der Waals surface area contributed by atoms with Gasteiger partial charge in [-0.15, -0.1) is 11.8 Å². The molecule has 1 aromatic heterocycles. The third kappa shape index (κ3) is 5.86. The number of benzene rings is 2. The standard InChI is InChI=1S/C23H27FN2OS/c1-18(2)27-21-6-4-5-7-22(21)28-23(3,16-26-15-14-25-17-26)13-12-19-8-10-20(24)11-9-19/h4-11,14-15,17-18H,12-13,16H2,1-3H3. The lowest BCUT2D eigenvalue weighted by molar-refractivity contribution is 0.236. The predicted molar refractivity (Wildman–Crippen MR) is 113 cm³/mol. The third-order valence-corrected chi connectivity index (χ3v) is 5.88. The minimum Gasteiger partial charge on any atom is -0.490 e. The summed E-state index contributed by atoms with van der Waals surface area (Å²) in [7, 11) is 0. The molecule has 0 fully saturated rings. The van der Waals surface area contributed by atoms with E-state index in [1.54, 1.807) is 6.20 Å². The van der Waals surface area contributed by atoms with Crippen molar-refractivity contribution in [3.8, 4) is 5.75 Å². The molecule has 3 rings (SSSR count). The highest BCUT2D eigenvalue weighted by Crippen LogP contribution is 2.42. The number of ether oxygens (including phenoxy) is 1. The smallest absolute Gasteiger partial charge is 0.133 e. The quantitative estimate of drug-likeness (QED) is 0.414. The number of thioether (sulfide) groups is 1. The molecule has 0 radical (unpaired) electrons. The molecule has 3 nitrogen and oxygen atoms in total. The van der Waals surface area contributed by atoms with Gasteiger partial charge in [-0.2, -0.15) is 0 Å². The van der Waals surface area contributed by atoms with Crippen LogP contribution in [0.4, 0.5) is 4.39 Å². The second-order valence-corrected chi connectivity index (χ2v) is 9.16. The number of halogens is 1. The number of hydrogen-bond acceptors (Lipinski definition) is 3. The average molecular weight is 399 g/mol. The van der Waals surface area contributed by atoms with E-state index in [2.05, 4.69) is 22.5 Å². The number of rotatable bonds is 9. The second-order valence-electron chi connectivity index (χ2n) is 7.53. The Morgan fingerprint density at radius 3 is 2.57 bits per heavy atom. The number of para-hydroxylation sites is 1. The van der Waals surface area contributed by atoms with Crippen LogP contribution in [0.3, 0.4) is 0 Å². The Labute approximate surface area is 171 Å². The molecule has 0 bridgehead atoms. The minimum absolute atomic E-state index is 0.0778. The molecule has 0 aliphatic carbocycles. The van der Waals surface area contributed by atoms with Gasteiger partial charge in [0.15, 0.2) is 0 Å². The second kappa shape index (κ2) is 9.28. The van der Waals surface area contributed by atoms with Gasteiger partial charge in [0.1, 0.15) is 11.6 Å². The van der Waals surface area contributed by atoms with Crippen molar-refractivity contribution in [1.29, 1.82) is 0 Å². The Morgan fingerprint density at radius 1 is 1.14 bits per heavy atom. The zero-order valence-corrected chi connectivity index (χ0v) is 17.5. The Bertz CT molecular complexity index is 865. The molecule has 28 heavy (non-hydrogen) atoms. The lowest BCUT2D eigenvalue weighted by Gasteiger charge is -2.30. The van der Waals surface area contributed by atoms with Gasteiger partial charge in [-0.1, -0.05) is 24.3 Å². The third-order valence-electron chi connectivity index (χ3n) is 4.50. The molecule has 0 N–H and O–H groups in total.